The van der Waals surface area contributed by atoms with Crippen LogP contribution in [0.5, 0.6) is 0 Å². The number of rotatable bonds is 1. The molecule has 0 bridgehead atoms. The molecule has 0 fully saturated rings. The van der Waals surface area contributed by atoms with Gasteiger partial charge in [0.1, 0.15) is 5.02 Å². The van der Waals surface area contributed by atoms with Gasteiger partial charge in [-0.25, -0.2) is 4.98 Å². The molecule has 0 amide bonds. The second kappa shape index (κ2) is 5.27. The molecule has 0 atom stereocenters. The fourth-order valence-electron chi connectivity index (χ4n) is 1.44. The van der Waals surface area contributed by atoms with Crippen LogP contribution >= 0.6 is 34.8 Å². The molecule has 0 N–H and O–H groups in total. The lowest BCUT2D eigenvalue weighted by Crippen LogP contribution is -2.20. The summed E-state index contributed by atoms with van der Waals surface area (Å²) < 4.78 is 38.4. The van der Waals surface area contributed by atoms with Gasteiger partial charge in [0, 0.05) is 12.4 Å². The molecule has 3 nitrogen and oxygen atoms in total. The molecule has 0 aliphatic heterocycles. The number of nitrogens with zero attached hydrogens (tertiary/aromatic N) is 2. The second-order valence-electron chi connectivity index (χ2n) is 3.71. The lowest BCUT2D eigenvalue weighted by Gasteiger charge is -2.11. The predicted molar refractivity (Wildman–Crippen MR) is 69.9 cm³/mol. The van der Waals surface area contributed by atoms with Gasteiger partial charge in [-0.15, -0.1) is 0 Å². The number of alkyl halides is 3. The maximum atomic E-state index is 12.5. The maximum absolute atomic E-state index is 12.5. The van der Waals surface area contributed by atoms with E-state index < -0.39 is 17.3 Å². The van der Waals surface area contributed by atoms with Crippen LogP contribution in [0, 0.1) is 0 Å². The molecule has 0 aromatic carbocycles. The van der Waals surface area contributed by atoms with Crippen LogP contribution in [0.3, 0.4) is 0 Å². The van der Waals surface area contributed by atoms with Crippen molar-refractivity contribution in [2.75, 3.05) is 0 Å². The van der Waals surface area contributed by atoms with Gasteiger partial charge in [-0.05, 0) is 12.1 Å². The summed E-state index contributed by atoms with van der Waals surface area (Å²) in [6.07, 6.45) is -2.84. The van der Waals surface area contributed by atoms with Gasteiger partial charge in [-0.1, -0.05) is 34.8 Å². The summed E-state index contributed by atoms with van der Waals surface area (Å²) in [6.45, 7) is 0. The van der Waals surface area contributed by atoms with Gasteiger partial charge in [-0.2, -0.15) is 13.2 Å². The molecule has 0 radical (unpaired) electrons. The molecular weight excluding hydrogens is 339 g/mol. The first-order valence-electron chi connectivity index (χ1n) is 5.01. The van der Waals surface area contributed by atoms with Crippen molar-refractivity contribution >= 4 is 34.8 Å². The fraction of sp³-hybridized carbons (Fsp3) is 0.0909. The van der Waals surface area contributed by atoms with E-state index in [0.717, 1.165) is 10.8 Å². The average molecular weight is 344 g/mol. The normalized spacial score (nSPS) is 11.7. The summed E-state index contributed by atoms with van der Waals surface area (Å²) >= 11 is 17.1. The van der Waals surface area contributed by atoms with Gasteiger partial charge in [-0.3, -0.25) is 9.36 Å². The van der Waals surface area contributed by atoms with Crippen LogP contribution in [0.15, 0.2) is 29.3 Å². The molecule has 0 saturated heterocycles. The first-order chi connectivity index (χ1) is 9.20. The van der Waals surface area contributed by atoms with Crippen molar-refractivity contribution in [3.63, 3.8) is 0 Å². The van der Waals surface area contributed by atoms with Gasteiger partial charge in [0.05, 0.1) is 15.6 Å². The van der Waals surface area contributed by atoms with E-state index in [0.29, 0.717) is 12.3 Å². The van der Waals surface area contributed by atoms with Crippen molar-refractivity contribution in [1.82, 2.24) is 9.55 Å². The van der Waals surface area contributed by atoms with E-state index in [1.54, 1.807) is 0 Å². The van der Waals surface area contributed by atoms with Crippen molar-refractivity contribution in [3.05, 3.63) is 55.5 Å². The minimum atomic E-state index is -4.58. The van der Waals surface area contributed by atoms with Gasteiger partial charge in [0.25, 0.3) is 5.56 Å². The molecule has 2 aromatic rings. The smallest absolute Gasteiger partial charge is 0.267 e. The summed E-state index contributed by atoms with van der Waals surface area (Å²) in [4.78, 5) is 15.4. The highest BCUT2D eigenvalue weighted by Gasteiger charge is 2.31. The van der Waals surface area contributed by atoms with E-state index in [-0.39, 0.29) is 20.9 Å². The maximum Gasteiger partial charge on any atom is 0.417 e. The van der Waals surface area contributed by atoms with Crippen LogP contribution in [-0.4, -0.2) is 9.55 Å². The lowest BCUT2D eigenvalue weighted by molar-refractivity contribution is -0.137. The largest absolute Gasteiger partial charge is 0.417 e. The fourth-order valence-corrected chi connectivity index (χ4v) is 2.17. The van der Waals surface area contributed by atoms with Gasteiger partial charge in [0.15, 0.2) is 5.82 Å². The van der Waals surface area contributed by atoms with E-state index in [9.17, 15) is 18.0 Å². The molecule has 0 aliphatic carbocycles. The van der Waals surface area contributed by atoms with E-state index >= 15 is 0 Å². The molecule has 2 heterocycles. The summed E-state index contributed by atoms with van der Waals surface area (Å²) in [6, 6.07) is 1.88. The Morgan fingerprint density at radius 1 is 1.10 bits per heavy atom. The third kappa shape index (κ3) is 2.92. The summed E-state index contributed by atoms with van der Waals surface area (Å²) in [5, 5.41) is -0.428. The predicted octanol–water partition coefficient (Wildman–Crippen LogP) is 4.21. The van der Waals surface area contributed by atoms with Crippen molar-refractivity contribution < 1.29 is 13.2 Å². The van der Waals surface area contributed by atoms with Crippen molar-refractivity contribution in [1.29, 1.82) is 0 Å². The highest BCUT2D eigenvalue weighted by molar-refractivity contribution is 6.34. The van der Waals surface area contributed by atoms with Crippen LogP contribution in [0.25, 0.3) is 5.82 Å². The first-order valence-corrected chi connectivity index (χ1v) is 6.14. The van der Waals surface area contributed by atoms with Crippen molar-refractivity contribution in [3.8, 4) is 5.82 Å². The topological polar surface area (TPSA) is 34.9 Å². The standard InChI is InChI=1S/C11H4Cl3F3N2O/c12-6-2-8(14)10(20)19(4-6)9-7(13)1-5(3-18-9)11(15,16)17/h1-4H. The number of hydrogen-bond donors (Lipinski definition) is 0. The summed E-state index contributed by atoms with van der Waals surface area (Å²) in [5.74, 6) is -0.186. The van der Waals surface area contributed by atoms with Crippen LogP contribution in [0.4, 0.5) is 13.2 Å². The molecule has 9 heteroatoms. The molecule has 106 valence electrons. The lowest BCUT2D eigenvalue weighted by atomic mass is 10.2. The quantitative estimate of drug-likeness (QED) is 0.777. The summed E-state index contributed by atoms with van der Waals surface area (Å²) in [5.41, 5.74) is -1.71. The number of pyridine rings is 2. The Balaban J connectivity index is 2.64. The minimum absolute atomic E-state index is 0.118. The number of hydrogen-bond acceptors (Lipinski definition) is 2. The Bertz CT molecular complexity index is 728. The van der Waals surface area contributed by atoms with E-state index in [1.807, 2.05) is 0 Å². The molecule has 0 saturated carbocycles. The molecule has 0 spiro atoms. The van der Waals surface area contributed by atoms with Crippen LogP contribution in [0.1, 0.15) is 5.56 Å². The Morgan fingerprint density at radius 3 is 2.30 bits per heavy atom. The molecule has 2 rings (SSSR count). The Hall–Kier alpha value is -1.24. The zero-order chi connectivity index (χ0) is 15.1. The van der Waals surface area contributed by atoms with E-state index in [4.69, 9.17) is 34.8 Å². The molecule has 2 aromatic heterocycles. The zero-order valence-corrected chi connectivity index (χ0v) is 11.6. The molecular formula is C11H4Cl3F3N2O. The van der Waals surface area contributed by atoms with Crippen molar-refractivity contribution in [2.24, 2.45) is 0 Å². The van der Waals surface area contributed by atoms with Gasteiger partial charge >= 0.3 is 6.18 Å². The Labute approximate surface area is 125 Å². The average Bonchev–Trinajstić information content (AvgIpc) is 2.33. The first kappa shape index (κ1) is 15.2. The van der Waals surface area contributed by atoms with Gasteiger partial charge < -0.3 is 0 Å². The third-order valence-corrected chi connectivity index (χ3v) is 3.07. The molecule has 0 aliphatic rings. The highest BCUT2D eigenvalue weighted by Crippen LogP contribution is 2.31. The molecule has 20 heavy (non-hydrogen) atoms. The van der Waals surface area contributed by atoms with E-state index in [1.165, 1.54) is 6.07 Å². The third-order valence-electron chi connectivity index (χ3n) is 2.32. The van der Waals surface area contributed by atoms with Crippen LogP contribution in [-0.2, 0) is 6.18 Å². The number of halogens is 6. The van der Waals surface area contributed by atoms with Gasteiger partial charge in [0.2, 0.25) is 0 Å². The Morgan fingerprint density at radius 2 is 1.75 bits per heavy atom. The Kier molecular flexibility index (Phi) is 4.00. The van der Waals surface area contributed by atoms with Crippen molar-refractivity contribution in [2.45, 2.75) is 6.18 Å². The SMILES string of the molecule is O=c1c(Cl)cc(Cl)cn1-c1ncc(C(F)(F)F)cc1Cl. The summed E-state index contributed by atoms with van der Waals surface area (Å²) in [7, 11) is 0. The number of aromatic nitrogens is 2. The highest BCUT2D eigenvalue weighted by atomic mass is 35.5. The van der Waals surface area contributed by atoms with Crippen LogP contribution in [0.2, 0.25) is 15.1 Å². The van der Waals surface area contributed by atoms with Crippen LogP contribution < -0.4 is 5.56 Å². The van der Waals surface area contributed by atoms with E-state index in [2.05, 4.69) is 4.98 Å². The molecule has 0 unspecified atom stereocenters. The monoisotopic (exact) mass is 342 g/mol. The zero-order valence-electron chi connectivity index (χ0n) is 9.38. The minimum Gasteiger partial charge on any atom is -0.267 e. The second-order valence-corrected chi connectivity index (χ2v) is 4.96.